The molecule has 0 amide bonds. The molecule has 3 heteroatoms. The Morgan fingerprint density at radius 2 is 2.12 bits per heavy atom. The van der Waals surface area contributed by atoms with Gasteiger partial charge in [-0.1, -0.05) is 6.07 Å². The Bertz CT molecular complexity index is 142. The van der Waals surface area contributed by atoms with Gasteiger partial charge < -0.3 is 0 Å². The van der Waals surface area contributed by atoms with Crippen LogP contribution in [0.3, 0.4) is 0 Å². The van der Waals surface area contributed by atoms with E-state index in [4.69, 9.17) is 0 Å². The van der Waals surface area contributed by atoms with E-state index < -0.39 is 0 Å². The third-order valence-corrected chi connectivity index (χ3v) is 1.10. The zero-order valence-corrected chi connectivity index (χ0v) is 7.34. The van der Waals surface area contributed by atoms with E-state index in [-0.39, 0.29) is 23.1 Å². The first-order valence-electron chi connectivity index (χ1n) is 1.96. The molecular weight excluding hydrogens is 178 g/mol. The van der Waals surface area contributed by atoms with E-state index >= 15 is 0 Å². The maximum Gasteiger partial charge on any atom is 2.00 e. The number of nitrogens with zero attached hydrogens (tertiary/aromatic N) is 1. The zero-order valence-electron chi connectivity index (χ0n) is 4.34. The van der Waals surface area contributed by atoms with Gasteiger partial charge in [0.25, 0.3) is 0 Å². The van der Waals surface area contributed by atoms with Crippen LogP contribution in [-0.2, 0) is 0 Å². The van der Waals surface area contributed by atoms with Crippen LogP contribution in [0.1, 0.15) is 0 Å². The molecular formula is C5H4BrMgN+2. The van der Waals surface area contributed by atoms with Crippen LogP contribution in [-0.4, -0.2) is 28.0 Å². The minimum absolute atomic E-state index is 0. The molecule has 0 aromatic carbocycles. The van der Waals surface area contributed by atoms with Gasteiger partial charge in [0, 0.05) is 6.20 Å². The molecule has 0 saturated carbocycles. The molecule has 0 fully saturated rings. The standard InChI is InChI=1S/C5H4BrN.Mg/c6-5-3-1-2-4-7-5;/h1-4H;/q;+2. The summed E-state index contributed by atoms with van der Waals surface area (Å²) in [5.74, 6) is 0. The smallest absolute Gasteiger partial charge is 0.249 e. The average molecular weight is 182 g/mol. The minimum atomic E-state index is 0. The monoisotopic (exact) mass is 181 g/mol. The fourth-order valence-electron chi connectivity index (χ4n) is 0.342. The summed E-state index contributed by atoms with van der Waals surface area (Å²) in [6.45, 7) is 0. The van der Waals surface area contributed by atoms with Gasteiger partial charge in [-0.15, -0.1) is 0 Å². The molecule has 0 aliphatic carbocycles. The van der Waals surface area contributed by atoms with E-state index in [9.17, 15) is 0 Å². The second kappa shape index (κ2) is 4.29. The number of hydrogen-bond donors (Lipinski definition) is 0. The van der Waals surface area contributed by atoms with Gasteiger partial charge in [-0.25, -0.2) is 4.98 Å². The van der Waals surface area contributed by atoms with Crippen molar-refractivity contribution in [1.82, 2.24) is 4.98 Å². The molecule has 0 radical (unpaired) electrons. The van der Waals surface area contributed by atoms with Crippen LogP contribution in [0.2, 0.25) is 0 Å². The quantitative estimate of drug-likeness (QED) is 0.437. The van der Waals surface area contributed by atoms with Gasteiger partial charge in [-0.05, 0) is 28.1 Å². The molecule has 8 heavy (non-hydrogen) atoms. The van der Waals surface area contributed by atoms with Gasteiger partial charge in [0.2, 0.25) is 0 Å². The van der Waals surface area contributed by atoms with Crippen LogP contribution in [0.15, 0.2) is 29.0 Å². The van der Waals surface area contributed by atoms with Gasteiger partial charge in [-0.3, -0.25) is 0 Å². The first kappa shape index (κ1) is 8.40. The second-order valence-electron chi connectivity index (χ2n) is 1.15. The average Bonchev–Trinajstić information content (AvgIpc) is 1.69. The Labute approximate surface area is 72.8 Å². The fourth-order valence-corrected chi connectivity index (χ4v) is 0.613. The van der Waals surface area contributed by atoms with Crippen molar-refractivity contribution >= 4 is 39.0 Å². The number of aromatic nitrogens is 1. The molecule has 0 saturated heterocycles. The van der Waals surface area contributed by atoms with E-state index in [0.29, 0.717) is 0 Å². The largest absolute Gasteiger partial charge is 2.00 e. The molecule has 1 aromatic heterocycles. The van der Waals surface area contributed by atoms with Crippen molar-refractivity contribution in [3.63, 3.8) is 0 Å². The Morgan fingerprint density at radius 1 is 1.38 bits per heavy atom. The van der Waals surface area contributed by atoms with Crippen molar-refractivity contribution in [2.75, 3.05) is 0 Å². The van der Waals surface area contributed by atoms with Crippen LogP contribution in [0.25, 0.3) is 0 Å². The Balaban J connectivity index is 0.000000490. The zero-order chi connectivity index (χ0) is 5.11. The van der Waals surface area contributed by atoms with Gasteiger partial charge in [0.1, 0.15) is 4.60 Å². The summed E-state index contributed by atoms with van der Waals surface area (Å²) >= 11 is 3.20. The van der Waals surface area contributed by atoms with Crippen molar-refractivity contribution in [3.05, 3.63) is 29.0 Å². The minimum Gasteiger partial charge on any atom is -0.249 e. The van der Waals surface area contributed by atoms with Crippen molar-refractivity contribution < 1.29 is 0 Å². The van der Waals surface area contributed by atoms with Gasteiger partial charge >= 0.3 is 23.1 Å². The van der Waals surface area contributed by atoms with Crippen LogP contribution in [0.5, 0.6) is 0 Å². The van der Waals surface area contributed by atoms with Crippen LogP contribution < -0.4 is 0 Å². The van der Waals surface area contributed by atoms with Crippen molar-refractivity contribution in [3.8, 4) is 0 Å². The molecule has 1 heterocycles. The molecule has 0 aliphatic rings. The maximum atomic E-state index is 3.90. The predicted molar refractivity (Wildman–Crippen MR) is 37.7 cm³/mol. The maximum absolute atomic E-state index is 3.90. The van der Waals surface area contributed by atoms with Crippen molar-refractivity contribution in [2.24, 2.45) is 0 Å². The topological polar surface area (TPSA) is 12.9 Å². The molecule has 0 aliphatic heterocycles. The predicted octanol–water partition coefficient (Wildman–Crippen LogP) is 1.46. The Morgan fingerprint density at radius 3 is 2.38 bits per heavy atom. The van der Waals surface area contributed by atoms with E-state index in [1.165, 1.54) is 0 Å². The van der Waals surface area contributed by atoms with E-state index in [1.54, 1.807) is 6.20 Å². The van der Waals surface area contributed by atoms with E-state index in [1.807, 2.05) is 18.2 Å². The normalized spacial score (nSPS) is 7.62. The van der Waals surface area contributed by atoms with Crippen LogP contribution in [0.4, 0.5) is 0 Å². The van der Waals surface area contributed by atoms with Gasteiger partial charge in [0.05, 0.1) is 0 Å². The Kier molecular flexibility index (Phi) is 4.50. The molecule has 1 aromatic rings. The van der Waals surface area contributed by atoms with Crippen LogP contribution in [0, 0.1) is 0 Å². The SMILES string of the molecule is Brc1ccccn1.[Mg+2]. The molecule has 1 rings (SSSR count). The third kappa shape index (κ3) is 2.64. The van der Waals surface area contributed by atoms with Gasteiger partial charge in [-0.2, -0.15) is 0 Å². The Hall–Kier alpha value is 0.396. The molecule has 1 nitrogen and oxygen atoms in total. The van der Waals surface area contributed by atoms with Crippen molar-refractivity contribution in [2.45, 2.75) is 0 Å². The summed E-state index contributed by atoms with van der Waals surface area (Å²) in [7, 11) is 0. The molecule has 0 atom stereocenters. The number of halogens is 1. The summed E-state index contributed by atoms with van der Waals surface area (Å²) in [6.07, 6.45) is 1.74. The summed E-state index contributed by atoms with van der Waals surface area (Å²) in [5, 5.41) is 0. The molecule has 36 valence electrons. The number of hydrogen-bond acceptors (Lipinski definition) is 1. The van der Waals surface area contributed by atoms with Crippen molar-refractivity contribution in [1.29, 1.82) is 0 Å². The molecule has 0 bridgehead atoms. The molecule has 0 N–H and O–H groups in total. The summed E-state index contributed by atoms with van der Waals surface area (Å²) in [4.78, 5) is 3.90. The third-order valence-electron chi connectivity index (χ3n) is 0.629. The van der Waals surface area contributed by atoms with Gasteiger partial charge in [0.15, 0.2) is 0 Å². The fraction of sp³-hybridized carbons (Fsp3) is 0. The summed E-state index contributed by atoms with van der Waals surface area (Å²) < 4.78 is 0.884. The van der Waals surface area contributed by atoms with Crippen LogP contribution >= 0.6 is 15.9 Å². The first-order valence-corrected chi connectivity index (χ1v) is 2.75. The number of pyridine rings is 1. The summed E-state index contributed by atoms with van der Waals surface area (Å²) in [6, 6.07) is 5.70. The van der Waals surface area contributed by atoms with E-state index in [0.717, 1.165) is 4.60 Å². The first-order chi connectivity index (χ1) is 3.39. The second-order valence-corrected chi connectivity index (χ2v) is 1.96. The number of rotatable bonds is 0. The summed E-state index contributed by atoms with van der Waals surface area (Å²) in [5.41, 5.74) is 0. The van der Waals surface area contributed by atoms with E-state index in [2.05, 4.69) is 20.9 Å². The molecule has 0 spiro atoms. The molecule has 0 unspecified atom stereocenters.